The van der Waals surface area contributed by atoms with Gasteiger partial charge in [0.15, 0.2) is 11.6 Å². The summed E-state index contributed by atoms with van der Waals surface area (Å²) in [6, 6.07) is 3.33. The van der Waals surface area contributed by atoms with Crippen molar-refractivity contribution in [2.75, 3.05) is 27.4 Å². The molecule has 0 spiro atoms. The van der Waals surface area contributed by atoms with Crippen molar-refractivity contribution in [1.29, 1.82) is 0 Å². The SMILES string of the molecule is COc1cc(OC)c(F)c([C@H]2CCc3c(C4COCC4N)n[nH]c3C2)c1. The molecule has 0 bridgehead atoms. The highest BCUT2D eigenvalue weighted by Crippen LogP contribution is 2.40. The van der Waals surface area contributed by atoms with Gasteiger partial charge in [0.2, 0.25) is 0 Å². The van der Waals surface area contributed by atoms with E-state index < -0.39 is 0 Å². The molecule has 2 heterocycles. The minimum absolute atomic E-state index is 0.0137. The van der Waals surface area contributed by atoms with E-state index in [0.29, 0.717) is 30.9 Å². The van der Waals surface area contributed by atoms with Gasteiger partial charge in [0, 0.05) is 23.7 Å². The lowest BCUT2D eigenvalue weighted by atomic mass is 9.80. The fourth-order valence-electron chi connectivity index (χ4n) is 4.11. The van der Waals surface area contributed by atoms with Gasteiger partial charge in [-0.3, -0.25) is 5.10 Å². The van der Waals surface area contributed by atoms with Gasteiger partial charge in [-0.1, -0.05) is 0 Å². The summed E-state index contributed by atoms with van der Waals surface area (Å²) in [6.07, 6.45) is 2.39. The Labute approximate surface area is 151 Å². The third-order valence-corrected chi connectivity index (χ3v) is 5.59. The number of halogens is 1. The highest BCUT2D eigenvalue weighted by atomic mass is 19.1. The van der Waals surface area contributed by atoms with Gasteiger partial charge < -0.3 is 19.9 Å². The standard InChI is InChI=1S/C19H24FN3O3/c1-24-11-6-13(18(20)17(7-11)25-2)10-3-4-12-16(5-10)22-23-19(12)14-8-26-9-15(14)21/h6-7,10,14-15H,3-5,8-9,21H2,1-2H3,(H,22,23)/t10-,14?,15?/m0/s1. The lowest BCUT2D eigenvalue weighted by molar-refractivity contribution is 0.190. The van der Waals surface area contributed by atoms with Gasteiger partial charge in [-0.25, -0.2) is 4.39 Å². The number of rotatable bonds is 4. The van der Waals surface area contributed by atoms with Crippen LogP contribution in [0.3, 0.4) is 0 Å². The average molecular weight is 361 g/mol. The number of hydrogen-bond acceptors (Lipinski definition) is 5. The number of benzene rings is 1. The van der Waals surface area contributed by atoms with Crippen LogP contribution in [0.15, 0.2) is 12.1 Å². The molecule has 140 valence electrons. The molecule has 1 saturated heterocycles. The predicted octanol–water partition coefficient (Wildman–Crippen LogP) is 2.28. The van der Waals surface area contributed by atoms with E-state index in [1.807, 2.05) is 0 Å². The molecular formula is C19H24FN3O3. The number of hydrogen-bond donors (Lipinski definition) is 2. The molecule has 1 aliphatic carbocycles. The summed E-state index contributed by atoms with van der Waals surface area (Å²) < 4.78 is 30.8. The first-order chi connectivity index (χ1) is 12.6. The Morgan fingerprint density at radius 3 is 2.81 bits per heavy atom. The zero-order valence-corrected chi connectivity index (χ0v) is 15.0. The summed E-state index contributed by atoms with van der Waals surface area (Å²) in [5, 5.41) is 7.67. The van der Waals surface area contributed by atoms with Crippen LogP contribution in [0.2, 0.25) is 0 Å². The maximum Gasteiger partial charge on any atom is 0.168 e. The monoisotopic (exact) mass is 361 g/mol. The summed E-state index contributed by atoms with van der Waals surface area (Å²) in [5.41, 5.74) is 10.1. The molecule has 2 aromatic rings. The first kappa shape index (κ1) is 17.3. The molecule has 1 fully saturated rings. The molecule has 7 heteroatoms. The van der Waals surface area contributed by atoms with Crippen molar-refractivity contribution >= 4 is 0 Å². The van der Waals surface area contributed by atoms with Crippen LogP contribution in [0.5, 0.6) is 11.5 Å². The van der Waals surface area contributed by atoms with Crippen LogP contribution in [0.4, 0.5) is 4.39 Å². The van der Waals surface area contributed by atoms with Crippen molar-refractivity contribution in [2.24, 2.45) is 5.73 Å². The maximum atomic E-state index is 14.8. The van der Waals surface area contributed by atoms with Gasteiger partial charge in [0.1, 0.15) is 5.75 Å². The molecule has 0 amide bonds. The molecule has 4 rings (SSSR count). The van der Waals surface area contributed by atoms with Crippen LogP contribution in [-0.4, -0.2) is 43.7 Å². The van der Waals surface area contributed by atoms with E-state index in [4.69, 9.17) is 19.9 Å². The van der Waals surface area contributed by atoms with Crippen LogP contribution in [0.1, 0.15) is 40.8 Å². The van der Waals surface area contributed by atoms with Gasteiger partial charge in [-0.2, -0.15) is 5.10 Å². The molecule has 1 aliphatic heterocycles. The summed E-state index contributed by atoms with van der Waals surface area (Å²) in [5.74, 6) is 0.689. The van der Waals surface area contributed by atoms with Gasteiger partial charge in [0.05, 0.1) is 33.1 Å². The first-order valence-corrected chi connectivity index (χ1v) is 8.93. The molecule has 0 radical (unpaired) electrons. The van der Waals surface area contributed by atoms with E-state index in [1.165, 1.54) is 12.7 Å². The summed E-state index contributed by atoms with van der Waals surface area (Å²) in [6.45, 7) is 1.19. The van der Waals surface area contributed by atoms with Crippen LogP contribution in [0, 0.1) is 5.82 Å². The highest BCUT2D eigenvalue weighted by Gasteiger charge is 2.34. The van der Waals surface area contributed by atoms with Gasteiger partial charge >= 0.3 is 0 Å². The zero-order valence-electron chi connectivity index (χ0n) is 15.0. The highest BCUT2D eigenvalue weighted by molar-refractivity contribution is 5.43. The molecule has 1 aromatic heterocycles. The van der Waals surface area contributed by atoms with Crippen LogP contribution >= 0.6 is 0 Å². The Kier molecular flexibility index (Phi) is 4.58. The molecule has 3 N–H and O–H groups in total. The molecule has 6 nitrogen and oxygen atoms in total. The average Bonchev–Trinajstić information content (AvgIpc) is 3.27. The lowest BCUT2D eigenvalue weighted by Crippen LogP contribution is -2.28. The quantitative estimate of drug-likeness (QED) is 0.873. The molecule has 0 saturated carbocycles. The number of aromatic nitrogens is 2. The third-order valence-electron chi connectivity index (χ3n) is 5.59. The van der Waals surface area contributed by atoms with E-state index in [2.05, 4.69) is 10.2 Å². The second-order valence-corrected chi connectivity index (χ2v) is 7.05. The topological polar surface area (TPSA) is 82.4 Å². The molecular weight excluding hydrogens is 337 g/mol. The fourth-order valence-corrected chi connectivity index (χ4v) is 4.11. The van der Waals surface area contributed by atoms with Crippen molar-refractivity contribution in [3.63, 3.8) is 0 Å². The predicted molar refractivity (Wildman–Crippen MR) is 94.4 cm³/mol. The fraction of sp³-hybridized carbons (Fsp3) is 0.526. The van der Waals surface area contributed by atoms with Crippen molar-refractivity contribution in [2.45, 2.75) is 37.1 Å². The Morgan fingerprint density at radius 2 is 2.12 bits per heavy atom. The summed E-state index contributed by atoms with van der Waals surface area (Å²) in [7, 11) is 3.04. The zero-order chi connectivity index (χ0) is 18.3. The molecule has 1 aromatic carbocycles. The number of fused-ring (bicyclic) bond motifs is 1. The van der Waals surface area contributed by atoms with Crippen molar-refractivity contribution in [1.82, 2.24) is 10.2 Å². The van der Waals surface area contributed by atoms with E-state index >= 15 is 0 Å². The first-order valence-electron chi connectivity index (χ1n) is 8.93. The number of H-pyrrole nitrogens is 1. The number of nitrogens with zero attached hydrogens (tertiary/aromatic N) is 1. The number of methoxy groups -OCH3 is 2. The minimum atomic E-state index is -0.312. The van der Waals surface area contributed by atoms with Gasteiger partial charge in [0.25, 0.3) is 0 Å². The largest absolute Gasteiger partial charge is 0.497 e. The number of ether oxygens (including phenoxy) is 3. The minimum Gasteiger partial charge on any atom is -0.497 e. The lowest BCUT2D eigenvalue weighted by Gasteiger charge is -2.25. The molecule has 2 aliphatic rings. The van der Waals surface area contributed by atoms with E-state index in [-0.39, 0.29) is 29.4 Å². The molecule has 26 heavy (non-hydrogen) atoms. The van der Waals surface area contributed by atoms with Crippen LogP contribution < -0.4 is 15.2 Å². The second-order valence-electron chi connectivity index (χ2n) is 7.05. The number of aromatic amines is 1. The van der Waals surface area contributed by atoms with Gasteiger partial charge in [-0.15, -0.1) is 0 Å². The third kappa shape index (κ3) is 2.85. The Balaban J connectivity index is 1.63. The van der Waals surface area contributed by atoms with Gasteiger partial charge in [-0.05, 0) is 42.4 Å². The van der Waals surface area contributed by atoms with Crippen molar-refractivity contribution < 1.29 is 18.6 Å². The molecule has 3 atom stereocenters. The van der Waals surface area contributed by atoms with E-state index in [9.17, 15) is 4.39 Å². The number of nitrogens with one attached hydrogen (secondary N) is 1. The Bertz CT molecular complexity index is 808. The Hall–Kier alpha value is -2.12. The second kappa shape index (κ2) is 6.89. The van der Waals surface area contributed by atoms with Crippen LogP contribution in [0.25, 0.3) is 0 Å². The summed E-state index contributed by atoms with van der Waals surface area (Å²) in [4.78, 5) is 0. The van der Waals surface area contributed by atoms with Crippen molar-refractivity contribution in [3.8, 4) is 11.5 Å². The smallest absolute Gasteiger partial charge is 0.168 e. The number of nitrogens with two attached hydrogens (primary N) is 1. The van der Waals surface area contributed by atoms with E-state index in [1.54, 1.807) is 19.2 Å². The Morgan fingerprint density at radius 1 is 1.27 bits per heavy atom. The van der Waals surface area contributed by atoms with E-state index in [0.717, 1.165) is 24.2 Å². The maximum absolute atomic E-state index is 14.8. The van der Waals surface area contributed by atoms with Crippen LogP contribution in [-0.2, 0) is 17.6 Å². The normalized spacial score (nSPS) is 25.2. The molecule has 2 unspecified atom stereocenters. The van der Waals surface area contributed by atoms with Crippen molar-refractivity contribution in [3.05, 3.63) is 40.5 Å². The summed E-state index contributed by atoms with van der Waals surface area (Å²) >= 11 is 0.